The first-order chi connectivity index (χ1) is 10.1. The summed E-state index contributed by atoms with van der Waals surface area (Å²) in [6.07, 6.45) is 4.74. The maximum absolute atomic E-state index is 11.7. The van der Waals surface area contributed by atoms with Gasteiger partial charge in [-0.05, 0) is 37.7 Å². The molecule has 1 heterocycles. The highest BCUT2D eigenvalue weighted by molar-refractivity contribution is 7.17. The molecule has 1 aromatic heterocycles. The fourth-order valence-corrected chi connectivity index (χ4v) is 4.27. The summed E-state index contributed by atoms with van der Waals surface area (Å²) >= 11 is 1.46. The molecule has 2 amide bonds. The Hall–Kier alpha value is -1.56. The van der Waals surface area contributed by atoms with Crippen molar-refractivity contribution in [1.82, 2.24) is 0 Å². The van der Waals surface area contributed by atoms with Crippen LogP contribution in [0, 0.1) is 5.92 Å². The second-order valence-corrected chi connectivity index (χ2v) is 6.42. The first-order valence-electron chi connectivity index (χ1n) is 7.44. The van der Waals surface area contributed by atoms with Crippen molar-refractivity contribution in [2.24, 2.45) is 11.7 Å². The number of carbonyl (C=O) groups is 2. The Kier molecular flexibility index (Phi) is 5.22. The van der Waals surface area contributed by atoms with E-state index in [2.05, 4.69) is 12.2 Å². The number of nitrogens with one attached hydrogen (secondary N) is 1. The Bertz CT molecular complexity index is 539. The number of hydrogen-bond donors (Lipinski definition) is 2. The van der Waals surface area contributed by atoms with Gasteiger partial charge in [-0.2, -0.15) is 0 Å². The molecule has 1 aliphatic rings. The largest absolute Gasteiger partial charge is 0.450 e. The van der Waals surface area contributed by atoms with Crippen LogP contribution in [0.5, 0.6) is 0 Å². The van der Waals surface area contributed by atoms with Gasteiger partial charge in [-0.3, -0.25) is 10.1 Å². The summed E-state index contributed by atoms with van der Waals surface area (Å²) in [5, 5.41) is 3.18. The molecule has 0 fully saturated rings. The maximum Gasteiger partial charge on any atom is 0.412 e. The Labute approximate surface area is 128 Å². The third kappa shape index (κ3) is 3.56. The standard InChI is InChI=1S/C15H22N2O3S/c1-3-5-9-6-7-10-11(8-9)21-14(12(10)13(16)18)17-15(19)20-4-2/h9H,3-8H2,1-2H3,(H2,16,18)(H,17,19). The predicted molar refractivity (Wildman–Crippen MR) is 83.9 cm³/mol. The molecular formula is C15H22N2O3S. The molecule has 0 aromatic carbocycles. The molecule has 1 unspecified atom stereocenters. The van der Waals surface area contributed by atoms with E-state index in [0.29, 0.717) is 23.1 Å². The fourth-order valence-electron chi connectivity index (χ4n) is 2.92. The van der Waals surface area contributed by atoms with Gasteiger partial charge in [0.05, 0.1) is 12.2 Å². The van der Waals surface area contributed by atoms with Crippen molar-refractivity contribution >= 4 is 28.3 Å². The lowest BCUT2D eigenvalue weighted by molar-refractivity contribution is 0.1000. The second kappa shape index (κ2) is 6.93. The van der Waals surface area contributed by atoms with Gasteiger partial charge in [0.1, 0.15) is 5.00 Å². The van der Waals surface area contributed by atoms with Gasteiger partial charge in [-0.15, -0.1) is 11.3 Å². The topological polar surface area (TPSA) is 81.4 Å². The molecule has 5 nitrogen and oxygen atoms in total. The van der Waals surface area contributed by atoms with Gasteiger partial charge in [-0.25, -0.2) is 4.79 Å². The summed E-state index contributed by atoms with van der Waals surface area (Å²) in [7, 11) is 0. The van der Waals surface area contributed by atoms with Crippen LogP contribution < -0.4 is 11.1 Å². The van der Waals surface area contributed by atoms with Crippen LogP contribution in [0.1, 0.15) is 53.9 Å². The van der Waals surface area contributed by atoms with Gasteiger partial charge < -0.3 is 10.5 Å². The van der Waals surface area contributed by atoms with Gasteiger partial charge in [-0.1, -0.05) is 19.8 Å². The van der Waals surface area contributed by atoms with Crippen LogP contribution in [-0.2, 0) is 17.6 Å². The van der Waals surface area contributed by atoms with E-state index in [0.717, 1.165) is 24.8 Å². The summed E-state index contributed by atoms with van der Waals surface area (Å²) in [4.78, 5) is 24.5. The van der Waals surface area contributed by atoms with Crippen LogP contribution in [-0.4, -0.2) is 18.6 Å². The lowest BCUT2D eigenvalue weighted by Gasteiger charge is -2.21. The van der Waals surface area contributed by atoms with E-state index in [9.17, 15) is 9.59 Å². The molecule has 0 aliphatic heterocycles. The van der Waals surface area contributed by atoms with E-state index >= 15 is 0 Å². The van der Waals surface area contributed by atoms with Crippen molar-refractivity contribution in [3.63, 3.8) is 0 Å². The number of thiophene rings is 1. The molecule has 0 saturated heterocycles. The normalized spacial score (nSPS) is 17.1. The van der Waals surface area contributed by atoms with Gasteiger partial charge in [0, 0.05) is 4.88 Å². The number of fused-ring (bicyclic) bond motifs is 1. The molecule has 1 aliphatic carbocycles. The minimum Gasteiger partial charge on any atom is -0.450 e. The predicted octanol–water partition coefficient (Wildman–Crippen LogP) is 3.32. The van der Waals surface area contributed by atoms with Crippen LogP contribution in [0.15, 0.2) is 0 Å². The first-order valence-corrected chi connectivity index (χ1v) is 8.26. The van der Waals surface area contributed by atoms with Gasteiger partial charge in [0.25, 0.3) is 5.91 Å². The molecule has 1 atom stereocenters. The third-order valence-corrected chi connectivity index (χ3v) is 4.97. The first kappa shape index (κ1) is 15.8. The number of carbonyl (C=O) groups excluding carboxylic acids is 2. The van der Waals surface area contributed by atoms with Crippen molar-refractivity contribution in [3.05, 3.63) is 16.0 Å². The highest BCUT2D eigenvalue weighted by atomic mass is 32.1. The van der Waals surface area contributed by atoms with Crippen molar-refractivity contribution in [2.75, 3.05) is 11.9 Å². The van der Waals surface area contributed by atoms with E-state index in [1.807, 2.05) is 0 Å². The molecule has 6 heteroatoms. The molecule has 0 spiro atoms. The Balaban J connectivity index is 2.26. The average Bonchev–Trinajstić information content (AvgIpc) is 2.76. The quantitative estimate of drug-likeness (QED) is 0.875. The van der Waals surface area contributed by atoms with Gasteiger partial charge in [0.2, 0.25) is 0 Å². The molecule has 3 N–H and O–H groups in total. The Morgan fingerprint density at radius 2 is 2.19 bits per heavy atom. The summed E-state index contributed by atoms with van der Waals surface area (Å²) in [6, 6.07) is 0. The lowest BCUT2D eigenvalue weighted by Crippen LogP contribution is -2.20. The zero-order valence-electron chi connectivity index (χ0n) is 12.5. The lowest BCUT2D eigenvalue weighted by atomic mass is 9.84. The van der Waals surface area contributed by atoms with Crippen LogP contribution in [0.4, 0.5) is 9.80 Å². The van der Waals surface area contributed by atoms with Gasteiger partial charge in [0.15, 0.2) is 0 Å². The molecule has 116 valence electrons. The van der Waals surface area contributed by atoms with Gasteiger partial charge >= 0.3 is 6.09 Å². The summed E-state index contributed by atoms with van der Waals surface area (Å²) in [6.45, 7) is 4.22. The zero-order valence-corrected chi connectivity index (χ0v) is 13.3. The molecule has 21 heavy (non-hydrogen) atoms. The molecular weight excluding hydrogens is 288 g/mol. The van der Waals surface area contributed by atoms with E-state index in [1.54, 1.807) is 6.92 Å². The van der Waals surface area contributed by atoms with Crippen molar-refractivity contribution in [2.45, 2.75) is 46.0 Å². The summed E-state index contributed by atoms with van der Waals surface area (Å²) in [5.74, 6) is 0.186. The maximum atomic E-state index is 11.7. The number of anilines is 1. The zero-order chi connectivity index (χ0) is 15.4. The number of amides is 2. The fraction of sp³-hybridized carbons (Fsp3) is 0.600. The average molecular weight is 310 g/mol. The number of primary amides is 1. The van der Waals surface area contributed by atoms with Crippen LogP contribution >= 0.6 is 11.3 Å². The minimum absolute atomic E-state index is 0.293. The van der Waals surface area contributed by atoms with E-state index in [-0.39, 0.29) is 0 Å². The minimum atomic E-state index is -0.538. The van der Waals surface area contributed by atoms with E-state index in [4.69, 9.17) is 10.5 Å². The molecule has 0 bridgehead atoms. The Morgan fingerprint density at radius 3 is 2.81 bits per heavy atom. The van der Waals surface area contributed by atoms with E-state index in [1.165, 1.54) is 29.1 Å². The molecule has 2 rings (SSSR count). The summed E-state index contributed by atoms with van der Waals surface area (Å²) in [5.41, 5.74) is 6.99. The third-order valence-electron chi connectivity index (χ3n) is 3.80. The monoisotopic (exact) mass is 310 g/mol. The number of nitrogens with two attached hydrogens (primary N) is 1. The van der Waals surface area contributed by atoms with Crippen molar-refractivity contribution in [3.8, 4) is 0 Å². The van der Waals surface area contributed by atoms with Crippen molar-refractivity contribution in [1.29, 1.82) is 0 Å². The summed E-state index contributed by atoms with van der Waals surface area (Å²) < 4.78 is 4.88. The molecule has 1 aromatic rings. The number of rotatable bonds is 5. The SMILES string of the molecule is CCCC1CCc2c(sc(NC(=O)OCC)c2C(N)=O)C1. The Morgan fingerprint density at radius 1 is 1.43 bits per heavy atom. The highest BCUT2D eigenvalue weighted by Gasteiger charge is 2.28. The van der Waals surface area contributed by atoms with Crippen molar-refractivity contribution < 1.29 is 14.3 Å². The van der Waals surface area contributed by atoms with E-state index < -0.39 is 12.0 Å². The van der Waals surface area contributed by atoms with Crippen LogP contribution in [0.2, 0.25) is 0 Å². The van der Waals surface area contributed by atoms with Crippen LogP contribution in [0.3, 0.4) is 0 Å². The second-order valence-electron chi connectivity index (χ2n) is 5.32. The number of hydrogen-bond acceptors (Lipinski definition) is 4. The van der Waals surface area contributed by atoms with Crippen LogP contribution in [0.25, 0.3) is 0 Å². The molecule has 0 saturated carbocycles. The highest BCUT2D eigenvalue weighted by Crippen LogP contribution is 2.40. The molecule has 0 radical (unpaired) electrons. The smallest absolute Gasteiger partial charge is 0.412 e. The number of ether oxygens (including phenoxy) is 1.